The van der Waals surface area contributed by atoms with Crippen molar-refractivity contribution in [3.05, 3.63) is 29.3 Å². The quantitative estimate of drug-likeness (QED) is 0.943. The highest BCUT2D eigenvalue weighted by Gasteiger charge is 2.22. The number of carbonyl (C=O) groups is 1. The summed E-state index contributed by atoms with van der Waals surface area (Å²) >= 11 is 1.74. The maximum absolute atomic E-state index is 12.3. The Kier molecular flexibility index (Phi) is 4.51. The van der Waals surface area contributed by atoms with Gasteiger partial charge in [-0.1, -0.05) is 12.1 Å². The number of nitrogens with zero attached hydrogens (tertiary/aromatic N) is 2. The fourth-order valence-electron chi connectivity index (χ4n) is 2.77. The van der Waals surface area contributed by atoms with E-state index in [4.69, 9.17) is 0 Å². The lowest BCUT2D eigenvalue weighted by molar-refractivity contribution is -0.134. The Morgan fingerprint density at radius 2 is 2.33 bits per heavy atom. The number of aromatic nitrogens is 1. The van der Waals surface area contributed by atoms with E-state index in [1.807, 2.05) is 23.1 Å². The second kappa shape index (κ2) is 6.54. The van der Waals surface area contributed by atoms with Crippen LogP contribution in [0.2, 0.25) is 0 Å². The van der Waals surface area contributed by atoms with Gasteiger partial charge in [0, 0.05) is 32.1 Å². The van der Waals surface area contributed by atoms with E-state index >= 15 is 0 Å². The lowest BCUT2D eigenvalue weighted by atomic mass is 10.1. The summed E-state index contributed by atoms with van der Waals surface area (Å²) in [6.07, 6.45) is 2.40. The number of fused-ring (bicyclic) bond motifs is 1. The number of hydrogen-bond acceptors (Lipinski definition) is 4. The third-order valence-electron chi connectivity index (χ3n) is 3.94. The summed E-state index contributed by atoms with van der Waals surface area (Å²) < 4.78 is 1.23. The van der Waals surface area contributed by atoms with Crippen LogP contribution in [0.15, 0.2) is 24.3 Å². The molecular formula is C16H21N3OS. The SMILES string of the molecule is CC1CNCCN1C(=O)CCCc1nc2ccccc2s1. The van der Waals surface area contributed by atoms with E-state index in [1.54, 1.807) is 11.3 Å². The number of amides is 1. The Hall–Kier alpha value is -1.46. The Morgan fingerprint density at radius 1 is 1.48 bits per heavy atom. The van der Waals surface area contributed by atoms with Crippen molar-refractivity contribution in [1.29, 1.82) is 0 Å². The second-order valence-electron chi connectivity index (χ2n) is 5.57. The minimum Gasteiger partial charge on any atom is -0.337 e. The van der Waals surface area contributed by atoms with Crippen molar-refractivity contribution >= 4 is 27.5 Å². The summed E-state index contributed by atoms with van der Waals surface area (Å²) in [5.74, 6) is 0.283. The van der Waals surface area contributed by atoms with Gasteiger partial charge in [-0.3, -0.25) is 4.79 Å². The first-order chi connectivity index (χ1) is 10.2. The molecule has 1 N–H and O–H groups in total. The Balaban J connectivity index is 1.52. The van der Waals surface area contributed by atoms with E-state index in [0.717, 1.165) is 43.0 Å². The number of aryl methyl sites for hydroxylation is 1. The highest BCUT2D eigenvalue weighted by atomic mass is 32.1. The predicted octanol–water partition coefficient (Wildman–Crippen LogP) is 2.44. The predicted molar refractivity (Wildman–Crippen MR) is 86.6 cm³/mol. The van der Waals surface area contributed by atoms with Crippen molar-refractivity contribution in [2.24, 2.45) is 0 Å². The van der Waals surface area contributed by atoms with E-state index in [-0.39, 0.29) is 5.91 Å². The highest BCUT2D eigenvalue weighted by molar-refractivity contribution is 7.18. The molecule has 3 rings (SSSR count). The molecule has 0 bridgehead atoms. The van der Waals surface area contributed by atoms with Crippen LogP contribution in [-0.2, 0) is 11.2 Å². The van der Waals surface area contributed by atoms with Crippen molar-refractivity contribution in [1.82, 2.24) is 15.2 Å². The number of rotatable bonds is 4. The fourth-order valence-corrected chi connectivity index (χ4v) is 3.78. The van der Waals surface area contributed by atoms with Crippen molar-refractivity contribution in [2.75, 3.05) is 19.6 Å². The van der Waals surface area contributed by atoms with Gasteiger partial charge in [-0.15, -0.1) is 11.3 Å². The Morgan fingerprint density at radius 3 is 3.14 bits per heavy atom. The average Bonchev–Trinajstić information content (AvgIpc) is 2.90. The van der Waals surface area contributed by atoms with Gasteiger partial charge in [-0.05, 0) is 31.9 Å². The number of piperazine rings is 1. The summed E-state index contributed by atoms with van der Waals surface area (Å²) in [4.78, 5) is 18.9. The summed E-state index contributed by atoms with van der Waals surface area (Å²) in [6.45, 7) is 4.76. The zero-order chi connectivity index (χ0) is 14.7. The van der Waals surface area contributed by atoms with Crippen LogP contribution < -0.4 is 5.32 Å². The third-order valence-corrected chi connectivity index (χ3v) is 5.04. The second-order valence-corrected chi connectivity index (χ2v) is 6.68. The van der Waals surface area contributed by atoms with Gasteiger partial charge >= 0.3 is 0 Å². The van der Waals surface area contributed by atoms with Crippen molar-refractivity contribution in [3.63, 3.8) is 0 Å². The van der Waals surface area contributed by atoms with Gasteiger partial charge in [0.2, 0.25) is 5.91 Å². The summed E-state index contributed by atoms with van der Waals surface area (Å²) in [5.41, 5.74) is 1.07. The molecule has 5 heteroatoms. The number of hydrogen-bond donors (Lipinski definition) is 1. The maximum Gasteiger partial charge on any atom is 0.222 e. The summed E-state index contributed by atoms with van der Waals surface area (Å²) in [5, 5.41) is 4.45. The van der Waals surface area contributed by atoms with Crippen molar-refractivity contribution in [2.45, 2.75) is 32.2 Å². The maximum atomic E-state index is 12.3. The minimum atomic E-state index is 0.283. The van der Waals surface area contributed by atoms with Crippen LogP contribution in [0.25, 0.3) is 10.2 Å². The monoisotopic (exact) mass is 303 g/mol. The van der Waals surface area contributed by atoms with Gasteiger partial charge in [-0.25, -0.2) is 4.98 Å². The lowest BCUT2D eigenvalue weighted by Crippen LogP contribution is -2.52. The zero-order valence-electron chi connectivity index (χ0n) is 12.3. The first-order valence-corrected chi connectivity index (χ1v) is 8.40. The Bertz CT molecular complexity index is 592. The van der Waals surface area contributed by atoms with Crippen LogP contribution in [0, 0.1) is 0 Å². The van der Waals surface area contributed by atoms with Crippen LogP contribution in [-0.4, -0.2) is 41.5 Å². The van der Waals surface area contributed by atoms with Crippen LogP contribution in [0.5, 0.6) is 0 Å². The van der Waals surface area contributed by atoms with Gasteiger partial charge in [0.05, 0.1) is 15.2 Å². The number of para-hydroxylation sites is 1. The molecule has 0 radical (unpaired) electrons. The molecule has 2 aromatic rings. The molecule has 0 aliphatic carbocycles. The van der Waals surface area contributed by atoms with Gasteiger partial charge in [0.1, 0.15) is 0 Å². The van der Waals surface area contributed by atoms with E-state index in [2.05, 4.69) is 23.3 Å². The molecule has 1 saturated heterocycles. The largest absolute Gasteiger partial charge is 0.337 e. The molecule has 1 fully saturated rings. The molecule has 1 atom stereocenters. The van der Waals surface area contributed by atoms with Crippen molar-refractivity contribution < 1.29 is 4.79 Å². The first kappa shape index (κ1) is 14.5. The summed E-state index contributed by atoms with van der Waals surface area (Å²) in [7, 11) is 0. The number of benzene rings is 1. The van der Waals surface area contributed by atoms with E-state index < -0.39 is 0 Å². The lowest BCUT2D eigenvalue weighted by Gasteiger charge is -2.34. The standard InChI is InChI=1S/C16H21N3OS/c1-12-11-17-9-10-19(12)16(20)8-4-7-15-18-13-5-2-3-6-14(13)21-15/h2-3,5-6,12,17H,4,7-11H2,1H3. The molecule has 1 aromatic carbocycles. The first-order valence-electron chi connectivity index (χ1n) is 7.58. The number of carbonyl (C=O) groups excluding carboxylic acids is 1. The number of thiazole rings is 1. The highest BCUT2D eigenvalue weighted by Crippen LogP contribution is 2.22. The minimum absolute atomic E-state index is 0.283. The van der Waals surface area contributed by atoms with Gasteiger partial charge in [0.15, 0.2) is 0 Å². The van der Waals surface area contributed by atoms with E-state index in [1.165, 1.54) is 4.70 Å². The smallest absolute Gasteiger partial charge is 0.222 e. The van der Waals surface area contributed by atoms with Gasteiger partial charge in [0.25, 0.3) is 0 Å². The molecule has 1 aliphatic rings. The van der Waals surface area contributed by atoms with Gasteiger partial charge in [-0.2, -0.15) is 0 Å². The Labute approximate surface area is 129 Å². The average molecular weight is 303 g/mol. The zero-order valence-corrected chi connectivity index (χ0v) is 13.2. The topological polar surface area (TPSA) is 45.2 Å². The van der Waals surface area contributed by atoms with Crippen LogP contribution >= 0.6 is 11.3 Å². The third kappa shape index (κ3) is 3.41. The molecular weight excluding hydrogens is 282 g/mol. The molecule has 4 nitrogen and oxygen atoms in total. The normalized spacial score (nSPS) is 19.1. The van der Waals surface area contributed by atoms with Crippen LogP contribution in [0.3, 0.4) is 0 Å². The van der Waals surface area contributed by atoms with Gasteiger partial charge < -0.3 is 10.2 Å². The summed E-state index contributed by atoms with van der Waals surface area (Å²) in [6, 6.07) is 8.52. The number of nitrogens with one attached hydrogen (secondary N) is 1. The molecule has 1 aliphatic heterocycles. The van der Waals surface area contributed by atoms with Crippen LogP contribution in [0.1, 0.15) is 24.8 Å². The molecule has 0 saturated carbocycles. The van der Waals surface area contributed by atoms with E-state index in [0.29, 0.717) is 12.5 Å². The van der Waals surface area contributed by atoms with Crippen LogP contribution in [0.4, 0.5) is 0 Å². The van der Waals surface area contributed by atoms with E-state index in [9.17, 15) is 4.79 Å². The molecule has 1 amide bonds. The van der Waals surface area contributed by atoms with Crippen molar-refractivity contribution in [3.8, 4) is 0 Å². The molecule has 1 aromatic heterocycles. The molecule has 2 heterocycles. The molecule has 21 heavy (non-hydrogen) atoms. The fraction of sp³-hybridized carbons (Fsp3) is 0.500. The molecule has 1 unspecified atom stereocenters. The molecule has 0 spiro atoms. The molecule has 112 valence electrons.